The Morgan fingerprint density at radius 1 is 1.09 bits per heavy atom. The fourth-order valence-corrected chi connectivity index (χ4v) is 4.34. The van der Waals surface area contributed by atoms with E-state index in [4.69, 9.17) is 9.47 Å². The second kappa shape index (κ2) is 9.92. The quantitative estimate of drug-likeness (QED) is 0.327. The normalized spacial score (nSPS) is 18.0. The SMILES string of the molecule is CCCN1C(=O)C(=O)/C(=C(/O)c2ccc(OC)c(C(C)(C)C)c2)C1c1ccccc1OC(C)C. The molecule has 1 unspecified atom stereocenters. The summed E-state index contributed by atoms with van der Waals surface area (Å²) in [5, 5.41) is 11.5. The van der Waals surface area contributed by atoms with E-state index < -0.39 is 17.7 Å². The highest BCUT2D eigenvalue weighted by molar-refractivity contribution is 6.46. The number of amides is 1. The van der Waals surface area contributed by atoms with Gasteiger partial charge in [-0.1, -0.05) is 45.9 Å². The lowest BCUT2D eigenvalue weighted by molar-refractivity contribution is -0.139. The van der Waals surface area contributed by atoms with Crippen molar-refractivity contribution < 1.29 is 24.2 Å². The van der Waals surface area contributed by atoms with E-state index in [9.17, 15) is 14.7 Å². The number of benzene rings is 2. The van der Waals surface area contributed by atoms with Crippen molar-refractivity contribution >= 4 is 17.4 Å². The average molecular weight is 466 g/mol. The number of carbonyl (C=O) groups excluding carboxylic acids is 2. The van der Waals surface area contributed by atoms with Gasteiger partial charge in [0.15, 0.2) is 0 Å². The van der Waals surface area contributed by atoms with Crippen molar-refractivity contribution in [1.29, 1.82) is 0 Å². The lowest BCUT2D eigenvalue weighted by atomic mass is 9.84. The number of aliphatic hydroxyl groups excluding tert-OH is 1. The summed E-state index contributed by atoms with van der Waals surface area (Å²) < 4.78 is 11.5. The molecule has 1 fully saturated rings. The third-order valence-corrected chi connectivity index (χ3v) is 5.86. The minimum Gasteiger partial charge on any atom is -0.507 e. The molecule has 34 heavy (non-hydrogen) atoms. The molecule has 1 N–H and O–H groups in total. The van der Waals surface area contributed by atoms with Crippen molar-refractivity contribution in [3.05, 3.63) is 64.7 Å². The van der Waals surface area contributed by atoms with E-state index in [0.717, 1.165) is 5.56 Å². The van der Waals surface area contributed by atoms with Crippen molar-refractivity contribution in [1.82, 2.24) is 4.90 Å². The van der Waals surface area contributed by atoms with Crippen LogP contribution in [0.15, 0.2) is 48.0 Å². The van der Waals surface area contributed by atoms with Crippen LogP contribution in [0.5, 0.6) is 11.5 Å². The van der Waals surface area contributed by atoms with Crippen molar-refractivity contribution in [2.45, 2.75) is 65.5 Å². The third kappa shape index (κ3) is 4.81. The smallest absolute Gasteiger partial charge is 0.295 e. The number of nitrogens with zero attached hydrogens (tertiary/aromatic N) is 1. The molecule has 0 aromatic heterocycles. The lowest BCUT2D eigenvalue weighted by Crippen LogP contribution is -2.30. The largest absolute Gasteiger partial charge is 0.507 e. The second-order valence-corrected chi connectivity index (χ2v) is 9.86. The molecule has 1 heterocycles. The van der Waals surface area contributed by atoms with Gasteiger partial charge in [0.2, 0.25) is 0 Å². The number of carbonyl (C=O) groups is 2. The van der Waals surface area contributed by atoms with Gasteiger partial charge in [0, 0.05) is 23.2 Å². The van der Waals surface area contributed by atoms with Gasteiger partial charge in [0.05, 0.1) is 24.8 Å². The van der Waals surface area contributed by atoms with Gasteiger partial charge in [-0.05, 0) is 49.9 Å². The molecule has 1 aliphatic rings. The Kier molecular flexibility index (Phi) is 7.39. The van der Waals surface area contributed by atoms with E-state index in [2.05, 4.69) is 0 Å². The predicted molar refractivity (Wildman–Crippen MR) is 133 cm³/mol. The standard InChI is InChI=1S/C28H35NO5/c1-8-15-29-24(19-11-9-10-12-21(19)34-17(2)3)23(26(31)27(29)32)25(30)18-13-14-22(33-7)20(16-18)28(4,5)6/h9-14,16-17,24,30H,8,15H2,1-7H3/b25-23+. The van der Waals surface area contributed by atoms with Crippen LogP contribution in [0.3, 0.4) is 0 Å². The number of likely N-dealkylation sites (tertiary alicyclic amines) is 1. The van der Waals surface area contributed by atoms with Crippen LogP contribution in [-0.4, -0.2) is 41.5 Å². The van der Waals surface area contributed by atoms with Crippen LogP contribution in [-0.2, 0) is 15.0 Å². The molecule has 1 amide bonds. The number of aliphatic hydroxyl groups is 1. The fourth-order valence-electron chi connectivity index (χ4n) is 4.34. The number of rotatable bonds is 7. The molecule has 6 nitrogen and oxygen atoms in total. The monoisotopic (exact) mass is 465 g/mol. The summed E-state index contributed by atoms with van der Waals surface area (Å²) in [4.78, 5) is 27.8. The van der Waals surface area contributed by atoms with Gasteiger partial charge in [0.1, 0.15) is 17.3 Å². The molecule has 182 valence electrons. The first-order valence-corrected chi connectivity index (χ1v) is 11.7. The van der Waals surface area contributed by atoms with Crippen LogP contribution in [0.4, 0.5) is 0 Å². The van der Waals surface area contributed by atoms with Gasteiger partial charge in [-0.3, -0.25) is 9.59 Å². The van der Waals surface area contributed by atoms with Gasteiger partial charge in [-0.2, -0.15) is 0 Å². The maximum absolute atomic E-state index is 13.3. The predicted octanol–water partition coefficient (Wildman–Crippen LogP) is 5.61. The van der Waals surface area contributed by atoms with Crippen LogP contribution in [0.25, 0.3) is 5.76 Å². The van der Waals surface area contributed by atoms with Gasteiger partial charge in [-0.15, -0.1) is 0 Å². The highest BCUT2D eigenvalue weighted by Crippen LogP contribution is 2.43. The summed E-state index contributed by atoms with van der Waals surface area (Å²) in [5.41, 5.74) is 1.85. The second-order valence-electron chi connectivity index (χ2n) is 9.86. The molecule has 3 rings (SSSR count). The molecule has 0 bridgehead atoms. The lowest BCUT2D eigenvalue weighted by Gasteiger charge is -2.27. The minimum absolute atomic E-state index is 0.0725. The summed E-state index contributed by atoms with van der Waals surface area (Å²) in [7, 11) is 1.60. The third-order valence-electron chi connectivity index (χ3n) is 5.86. The van der Waals surface area contributed by atoms with Gasteiger partial charge in [-0.25, -0.2) is 0 Å². The molecule has 2 aromatic rings. The highest BCUT2D eigenvalue weighted by Gasteiger charge is 2.46. The number of hydrogen-bond acceptors (Lipinski definition) is 5. The summed E-state index contributed by atoms with van der Waals surface area (Å²) in [5.74, 6) is -0.223. The Hall–Kier alpha value is -3.28. The van der Waals surface area contributed by atoms with Gasteiger partial charge in [0.25, 0.3) is 11.7 Å². The van der Waals surface area contributed by atoms with Crippen LogP contribution in [0, 0.1) is 0 Å². The number of Topliss-reactive ketones (excluding diaryl/α,β-unsaturated/α-hetero) is 1. The number of para-hydroxylation sites is 1. The van der Waals surface area contributed by atoms with Crippen molar-refractivity contribution in [2.75, 3.05) is 13.7 Å². The first-order valence-electron chi connectivity index (χ1n) is 11.7. The summed E-state index contributed by atoms with van der Waals surface area (Å²) in [6, 6.07) is 12.0. The molecule has 0 radical (unpaired) electrons. The first-order chi connectivity index (χ1) is 16.0. The van der Waals surface area contributed by atoms with E-state index in [0.29, 0.717) is 35.6 Å². The number of ketones is 1. The van der Waals surface area contributed by atoms with Crippen molar-refractivity contribution in [3.8, 4) is 11.5 Å². The zero-order valence-corrected chi connectivity index (χ0v) is 21.1. The summed E-state index contributed by atoms with van der Waals surface area (Å²) in [6.07, 6.45) is 0.582. The van der Waals surface area contributed by atoms with Crippen molar-refractivity contribution in [2.24, 2.45) is 0 Å². The molecule has 6 heteroatoms. The van der Waals surface area contributed by atoms with Gasteiger partial charge < -0.3 is 19.5 Å². The maximum atomic E-state index is 13.3. The maximum Gasteiger partial charge on any atom is 0.295 e. The zero-order valence-electron chi connectivity index (χ0n) is 21.1. The molecule has 0 aliphatic carbocycles. The topological polar surface area (TPSA) is 76.1 Å². The van der Waals surface area contributed by atoms with Gasteiger partial charge >= 0.3 is 0 Å². The Morgan fingerprint density at radius 2 is 1.76 bits per heavy atom. The van der Waals surface area contributed by atoms with Crippen LogP contribution < -0.4 is 9.47 Å². The zero-order chi connectivity index (χ0) is 25.2. The minimum atomic E-state index is -0.741. The molecule has 1 atom stereocenters. The average Bonchev–Trinajstić information content (AvgIpc) is 3.02. The summed E-state index contributed by atoms with van der Waals surface area (Å²) >= 11 is 0. The molecule has 0 spiro atoms. The van der Waals surface area contributed by atoms with E-state index in [1.807, 2.05) is 71.9 Å². The Morgan fingerprint density at radius 3 is 2.35 bits per heavy atom. The van der Waals surface area contributed by atoms with E-state index in [1.54, 1.807) is 19.2 Å². The number of methoxy groups -OCH3 is 1. The van der Waals surface area contributed by atoms with Crippen LogP contribution in [0.2, 0.25) is 0 Å². The fraction of sp³-hybridized carbons (Fsp3) is 0.429. The molecular formula is C28H35NO5. The number of hydrogen-bond donors (Lipinski definition) is 1. The van der Waals surface area contributed by atoms with E-state index in [1.165, 1.54) is 4.90 Å². The molecular weight excluding hydrogens is 430 g/mol. The van der Waals surface area contributed by atoms with E-state index >= 15 is 0 Å². The molecule has 0 saturated carbocycles. The molecule has 1 aliphatic heterocycles. The molecule has 1 saturated heterocycles. The Balaban J connectivity index is 2.26. The Bertz CT molecular complexity index is 1110. The molecule has 2 aromatic carbocycles. The van der Waals surface area contributed by atoms with Crippen LogP contribution in [0.1, 0.15) is 70.7 Å². The Labute approximate surface area is 202 Å². The first kappa shape index (κ1) is 25.3. The van der Waals surface area contributed by atoms with E-state index in [-0.39, 0.29) is 22.9 Å². The summed E-state index contributed by atoms with van der Waals surface area (Å²) in [6.45, 7) is 12.3. The van der Waals surface area contributed by atoms with Crippen molar-refractivity contribution in [3.63, 3.8) is 0 Å². The highest BCUT2D eigenvalue weighted by atomic mass is 16.5. The number of ether oxygens (including phenoxy) is 2. The van der Waals surface area contributed by atoms with Crippen LogP contribution >= 0.6 is 0 Å².